The summed E-state index contributed by atoms with van der Waals surface area (Å²) in [7, 11) is 0. The lowest BCUT2D eigenvalue weighted by Crippen LogP contribution is -1.84. The van der Waals surface area contributed by atoms with E-state index in [-0.39, 0.29) is 0 Å². The molecule has 0 fully saturated rings. The molecule has 0 bridgehead atoms. The number of aromatic nitrogens is 1. The molecule has 0 saturated heterocycles. The van der Waals surface area contributed by atoms with Crippen LogP contribution in [0.15, 0.2) is 42.6 Å². The molecule has 2 nitrogen and oxygen atoms in total. The Labute approximate surface area is 126 Å². The van der Waals surface area contributed by atoms with E-state index in [1.54, 1.807) is 0 Å². The Morgan fingerprint density at radius 2 is 1.80 bits per heavy atom. The van der Waals surface area contributed by atoms with E-state index in [9.17, 15) is 0 Å². The first-order valence-electron chi connectivity index (χ1n) is 6.12. The van der Waals surface area contributed by atoms with Crippen LogP contribution in [-0.4, -0.2) is 4.98 Å². The molecule has 0 atom stereocenters. The molecule has 0 unspecified atom stereocenters. The van der Waals surface area contributed by atoms with Crippen molar-refractivity contribution < 1.29 is 0 Å². The Kier molecular flexibility index (Phi) is 3.40. The van der Waals surface area contributed by atoms with Crippen LogP contribution in [0.4, 0.5) is 0 Å². The van der Waals surface area contributed by atoms with Crippen molar-refractivity contribution in [2.24, 2.45) is 0 Å². The maximum absolute atomic E-state index is 8.88. The van der Waals surface area contributed by atoms with Crippen LogP contribution >= 0.6 is 23.2 Å². The maximum atomic E-state index is 8.88. The second-order valence-electron chi connectivity index (χ2n) is 4.51. The first kappa shape index (κ1) is 13.1. The van der Waals surface area contributed by atoms with Gasteiger partial charge in [-0.3, -0.25) is 0 Å². The zero-order valence-corrected chi connectivity index (χ0v) is 12.0. The summed E-state index contributed by atoms with van der Waals surface area (Å²) < 4.78 is 0. The van der Waals surface area contributed by atoms with Crippen molar-refractivity contribution >= 4 is 34.1 Å². The van der Waals surface area contributed by atoms with Gasteiger partial charge in [-0.05, 0) is 29.3 Å². The highest BCUT2D eigenvalue weighted by molar-refractivity contribution is 6.38. The predicted molar refractivity (Wildman–Crippen MR) is 83.1 cm³/mol. The number of halogens is 2. The Morgan fingerprint density at radius 1 is 1.05 bits per heavy atom. The first-order valence-corrected chi connectivity index (χ1v) is 6.87. The smallest absolute Gasteiger partial charge is 0.0670 e. The molecule has 20 heavy (non-hydrogen) atoms. The molecule has 0 spiro atoms. The van der Waals surface area contributed by atoms with Crippen LogP contribution in [0.3, 0.4) is 0 Å². The minimum atomic E-state index is 0.337. The molecule has 0 aliphatic carbocycles. The van der Waals surface area contributed by atoms with Gasteiger partial charge in [-0.25, -0.2) is 0 Å². The highest BCUT2D eigenvalue weighted by Gasteiger charge is 2.12. The van der Waals surface area contributed by atoms with E-state index < -0.39 is 0 Å². The number of nitrogens with zero attached hydrogens (tertiary/aromatic N) is 1. The van der Waals surface area contributed by atoms with E-state index in [1.807, 2.05) is 42.6 Å². The van der Waals surface area contributed by atoms with Gasteiger partial charge in [0.1, 0.15) is 0 Å². The van der Waals surface area contributed by atoms with E-state index in [0.717, 1.165) is 27.6 Å². The van der Waals surface area contributed by atoms with Gasteiger partial charge in [-0.1, -0.05) is 41.4 Å². The number of fused-ring (bicyclic) bond motifs is 1. The van der Waals surface area contributed by atoms with Gasteiger partial charge < -0.3 is 4.98 Å². The summed E-state index contributed by atoms with van der Waals surface area (Å²) in [5, 5.41) is 11.2. The molecule has 1 aromatic heterocycles. The number of nitrogens with one attached hydrogen (secondary N) is 1. The number of rotatable bonds is 2. The minimum absolute atomic E-state index is 0.337. The highest BCUT2D eigenvalue weighted by atomic mass is 35.5. The molecule has 0 amide bonds. The number of benzene rings is 2. The van der Waals surface area contributed by atoms with E-state index in [4.69, 9.17) is 28.5 Å². The van der Waals surface area contributed by atoms with Gasteiger partial charge >= 0.3 is 0 Å². The molecular formula is C16H10Cl2N2. The summed E-state index contributed by atoms with van der Waals surface area (Å²) in [4.78, 5) is 3.14. The Bertz CT molecular complexity index is 811. The molecule has 98 valence electrons. The van der Waals surface area contributed by atoms with Crippen molar-refractivity contribution in [3.05, 3.63) is 58.2 Å². The highest BCUT2D eigenvalue weighted by Crippen LogP contribution is 2.36. The normalized spacial score (nSPS) is 10.7. The molecule has 3 rings (SSSR count). The molecule has 0 aliphatic rings. The van der Waals surface area contributed by atoms with Gasteiger partial charge in [0.05, 0.1) is 17.5 Å². The van der Waals surface area contributed by atoms with Gasteiger partial charge in [0.25, 0.3) is 0 Å². The van der Waals surface area contributed by atoms with Crippen molar-refractivity contribution in [2.75, 3.05) is 0 Å². The third-order valence-corrected chi connectivity index (χ3v) is 3.93. The van der Waals surface area contributed by atoms with Gasteiger partial charge in [0, 0.05) is 27.7 Å². The quantitative estimate of drug-likeness (QED) is 0.693. The largest absolute Gasteiger partial charge is 0.361 e. The minimum Gasteiger partial charge on any atom is -0.361 e. The fourth-order valence-corrected chi connectivity index (χ4v) is 2.85. The van der Waals surface area contributed by atoms with Gasteiger partial charge in [0.2, 0.25) is 0 Å². The van der Waals surface area contributed by atoms with Crippen LogP contribution in [0.2, 0.25) is 10.0 Å². The third-order valence-electron chi connectivity index (χ3n) is 3.29. The molecule has 3 aromatic rings. The number of H-pyrrole nitrogens is 1. The van der Waals surface area contributed by atoms with Crippen LogP contribution < -0.4 is 0 Å². The summed E-state index contributed by atoms with van der Waals surface area (Å²) in [6.45, 7) is 0. The van der Waals surface area contributed by atoms with Crippen LogP contribution in [-0.2, 0) is 6.42 Å². The summed E-state index contributed by atoms with van der Waals surface area (Å²) in [5.41, 5.74) is 3.81. The second-order valence-corrected chi connectivity index (χ2v) is 5.32. The summed E-state index contributed by atoms with van der Waals surface area (Å²) in [6.07, 6.45) is 2.18. The molecule has 2 aromatic carbocycles. The van der Waals surface area contributed by atoms with Crippen molar-refractivity contribution in [3.8, 4) is 17.2 Å². The maximum Gasteiger partial charge on any atom is 0.0670 e. The zero-order valence-electron chi connectivity index (χ0n) is 10.5. The van der Waals surface area contributed by atoms with Gasteiger partial charge in [0.15, 0.2) is 0 Å². The average Bonchev–Trinajstić information content (AvgIpc) is 2.85. The van der Waals surface area contributed by atoms with Crippen LogP contribution in [0.5, 0.6) is 0 Å². The van der Waals surface area contributed by atoms with Crippen molar-refractivity contribution in [2.45, 2.75) is 6.42 Å². The van der Waals surface area contributed by atoms with E-state index in [1.165, 1.54) is 0 Å². The Balaban J connectivity index is 2.22. The number of aromatic amines is 1. The molecule has 0 aliphatic heterocycles. The van der Waals surface area contributed by atoms with Crippen LogP contribution in [0.25, 0.3) is 22.0 Å². The lowest BCUT2D eigenvalue weighted by atomic mass is 10.0. The molecule has 4 heteroatoms. The summed E-state index contributed by atoms with van der Waals surface area (Å²) in [5.74, 6) is 0. The monoisotopic (exact) mass is 300 g/mol. The fraction of sp³-hybridized carbons (Fsp3) is 0.0625. The lowest BCUT2D eigenvalue weighted by Gasteiger charge is -2.07. The van der Waals surface area contributed by atoms with Crippen molar-refractivity contribution in [1.29, 1.82) is 5.26 Å². The van der Waals surface area contributed by atoms with Crippen molar-refractivity contribution in [3.63, 3.8) is 0 Å². The number of nitriles is 1. The van der Waals surface area contributed by atoms with E-state index in [2.05, 4.69) is 11.1 Å². The molecule has 1 heterocycles. The molecule has 0 saturated carbocycles. The van der Waals surface area contributed by atoms with Crippen LogP contribution in [0, 0.1) is 11.3 Å². The predicted octanol–water partition coefficient (Wildman–Crippen LogP) is 5.21. The topological polar surface area (TPSA) is 39.6 Å². The van der Waals surface area contributed by atoms with Gasteiger partial charge in [-0.2, -0.15) is 5.26 Å². The molecular weight excluding hydrogens is 291 g/mol. The number of hydrogen-bond donors (Lipinski definition) is 1. The summed E-state index contributed by atoms with van der Waals surface area (Å²) >= 11 is 12.4. The lowest BCUT2D eigenvalue weighted by molar-refractivity contribution is 1.28. The van der Waals surface area contributed by atoms with Crippen molar-refractivity contribution in [1.82, 2.24) is 4.98 Å². The van der Waals surface area contributed by atoms with Gasteiger partial charge in [-0.15, -0.1) is 0 Å². The molecule has 0 radical (unpaired) electrons. The first-order chi connectivity index (χ1) is 9.70. The standard InChI is InChI=1S/C16H10Cl2N2/c17-12-3-1-10(2-4-12)13-5-6-14-15(16(13)18)11(7-8-19)9-20-14/h1-6,9,20H,7H2. The Hall–Kier alpha value is -1.95. The van der Waals surface area contributed by atoms with Crippen LogP contribution in [0.1, 0.15) is 5.56 Å². The third kappa shape index (κ3) is 2.16. The van der Waals surface area contributed by atoms with E-state index >= 15 is 0 Å². The Morgan fingerprint density at radius 3 is 2.50 bits per heavy atom. The zero-order chi connectivity index (χ0) is 14.1. The van der Waals surface area contributed by atoms with E-state index in [0.29, 0.717) is 16.5 Å². The fourth-order valence-electron chi connectivity index (χ4n) is 2.32. The second kappa shape index (κ2) is 5.20. The molecule has 1 N–H and O–H groups in total. The number of hydrogen-bond acceptors (Lipinski definition) is 1. The average molecular weight is 301 g/mol. The SMILES string of the molecule is N#CCc1c[nH]c2ccc(-c3ccc(Cl)cc3)c(Cl)c12. The summed E-state index contributed by atoms with van der Waals surface area (Å²) in [6, 6.07) is 13.7.